The highest BCUT2D eigenvalue weighted by Gasteiger charge is 2.26. The molecule has 0 saturated carbocycles. The van der Waals surface area contributed by atoms with Crippen molar-refractivity contribution in [3.8, 4) is 10.8 Å². The second-order valence-electron chi connectivity index (χ2n) is 8.09. The molecule has 0 fully saturated rings. The van der Waals surface area contributed by atoms with Gasteiger partial charge in [0, 0.05) is 29.5 Å². The smallest absolute Gasteiger partial charge is 0.410 e. The molecule has 0 aliphatic rings. The summed E-state index contributed by atoms with van der Waals surface area (Å²) in [4.78, 5) is 36.9. The summed E-state index contributed by atoms with van der Waals surface area (Å²) in [5.74, 6) is -1.27. The zero-order valence-corrected chi connectivity index (χ0v) is 21.3. The van der Waals surface area contributed by atoms with E-state index in [-0.39, 0.29) is 30.3 Å². The molecule has 202 valence electrons. The quantitative estimate of drug-likeness (QED) is 0.187. The number of ether oxygens (including phenoxy) is 2. The van der Waals surface area contributed by atoms with Crippen LogP contribution in [-0.4, -0.2) is 36.9 Å². The molecular formula is C25H28F3NO7S. The average Bonchev–Trinajstić information content (AvgIpc) is 3.27. The lowest BCUT2D eigenvalue weighted by Crippen LogP contribution is -2.16. The van der Waals surface area contributed by atoms with Gasteiger partial charge in [0.05, 0.1) is 13.7 Å². The van der Waals surface area contributed by atoms with Crippen LogP contribution in [0, 0.1) is 0 Å². The molecule has 37 heavy (non-hydrogen) atoms. The molecule has 0 saturated heterocycles. The first kappa shape index (κ1) is 29.7. The number of Topliss-reactive ketones (excluding diaryl/α,β-unsaturated/α-hetero) is 1. The van der Waals surface area contributed by atoms with Crippen molar-refractivity contribution in [1.82, 2.24) is 5.32 Å². The van der Waals surface area contributed by atoms with Crippen LogP contribution in [0.2, 0.25) is 0 Å². The minimum atomic E-state index is -4.24. The van der Waals surface area contributed by atoms with E-state index in [4.69, 9.17) is 9.15 Å². The molecule has 0 radical (unpaired) electrons. The number of amides is 1. The minimum Gasteiger partial charge on any atom is -0.507 e. The Morgan fingerprint density at radius 1 is 1.30 bits per heavy atom. The Bertz CT molecular complexity index is 1200. The van der Waals surface area contributed by atoms with Gasteiger partial charge in [-0.15, -0.1) is 0 Å². The molecule has 0 spiro atoms. The van der Waals surface area contributed by atoms with Crippen LogP contribution in [-0.2, 0) is 4.74 Å². The Hall–Kier alpha value is -3.54. The number of aromatic hydroxyl groups is 1. The highest BCUT2D eigenvalue weighted by molar-refractivity contribution is 7.14. The third kappa shape index (κ3) is 9.79. The van der Waals surface area contributed by atoms with Gasteiger partial charge < -0.3 is 19.0 Å². The third-order valence-electron chi connectivity index (χ3n) is 5.10. The summed E-state index contributed by atoms with van der Waals surface area (Å²) in [5, 5.41) is 13.2. The molecule has 0 aliphatic heterocycles. The Morgan fingerprint density at radius 3 is 2.68 bits per heavy atom. The van der Waals surface area contributed by atoms with Gasteiger partial charge in [-0.05, 0) is 50.0 Å². The van der Waals surface area contributed by atoms with Crippen LogP contribution in [0.5, 0.6) is 10.8 Å². The monoisotopic (exact) mass is 543 g/mol. The van der Waals surface area contributed by atoms with Gasteiger partial charge in [0.15, 0.2) is 10.8 Å². The number of ketones is 1. The van der Waals surface area contributed by atoms with Crippen molar-refractivity contribution in [2.24, 2.45) is 0 Å². The summed E-state index contributed by atoms with van der Waals surface area (Å²) < 4.78 is 51.7. The number of halogens is 3. The Kier molecular flexibility index (Phi) is 11.0. The number of methoxy groups -OCH3 is 1. The van der Waals surface area contributed by atoms with E-state index in [1.54, 1.807) is 25.1 Å². The van der Waals surface area contributed by atoms with Crippen LogP contribution < -0.4 is 15.7 Å². The van der Waals surface area contributed by atoms with E-state index in [1.165, 1.54) is 32.4 Å². The van der Waals surface area contributed by atoms with Gasteiger partial charge in [-0.2, -0.15) is 13.2 Å². The number of allylic oxidation sites excluding steroid dienone is 2. The molecule has 0 aromatic carbocycles. The van der Waals surface area contributed by atoms with Crippen molar-refractivity contribution in [3.63, 3.8) is 0 Å². The molecule has 2 aromatic rings. The van der Waals surface area contributed by atoms with Gasteiger partial charge in [-0.3, -0.25) is 10.1 Å². The van der Waals surface area contributed by atoms with Gasteiger partial charge in [-0.1, -0.05) is 24.3 Å². The van der Waals surface area contributed by atoms with Crippen LogP contribution in [0.3, 0.4) is 0 Å². The van der Waals surface area contributed by atoms with Crippen molar-refractivity contribution in [1.29, 1.82) is 0 Å². The van der Waals surface area contributed by atoms with Gasteiger partial charge >= 0.3 is 17.9 Å². The molecule has 1 amide bonds. The number of rotatable bonds is 12. The third-order valence-corrected chi connectivity index (χ3v) is 6.05. The van der Waals surface area contributed by atoms with Gasteiger partial charge in [0.25, 0.3) is 0 Å². The molecule has 12 heteroatoms. The molecule has 1 atom stereocenters. The van der Waals surface area contributed by atoms with E-state index in [9.17, 15) is 32.7 Å². The maximum atomic E-state index is 12.8. The van der Waals surface area contributed by atoms with E-state index in [2.05, 4.69) is 10.1 Å². The molecule has 0 aliphatic carbocycles. The summed E-state index contributed by atoms with van der Waals surface area (Å²) in [7, 11) is 1.24. The number of hydrogen-bond donors (Lipinski definition) is 2. The first-order valence-electron chi connectivity index (χ1n) is 11.3. The normalized spacial score (nSPS) is 13.0. The number of alkyl halides is 3. The zero-order chi connectivity index (χ0) is 27.6. The molecule has 2 rings (SSSR count). The first-order chi connectivity index (χ1) is 17.4. The Balaban J connectivity index is 2.02. The second-order valence-corrected chi connectivity index (χ2v) is 9.17. The fourth-order valence-corrected chi connectivity index (χ4v) is 4.00. The molecule has 2 N–H and O–H groups in total. The van der Waals surface area contributed by atoms with Crippen molar-refractivity contribution in [2.45, 2.75) is 51.6 Å². The minimum absolute atomic E-state index is 0.0958. The largest absolute Gasteiger partial charge is 0.507 e. The summed E-state index contributed by atoms with van der Waals surface area (Å²) in [6, 6.07) is 4.44. The van der Waals surface area contributed by atoms with Crippen molar-refractivity contribution in [2.75, 3.05) is 13.7 Å². The van der Waals surface area contributed by atoms with Crippen molar-refractivity contribution in [3.05, 3.63) is 62.7 Å². The molecule has 0 bridgehead atoms. The summed E-state index contributed by atoms with van der Waals surface area (Å²) in [6.07, 6.45) is -0.260. The predicted molar refractivity (Wildman–Crippen MR) is 132 cm³/mol. The highest BCUT2D eigenvalue weighted by Crippen LogP contribution is 2.29. The molecule has 2 aromatic heterocycles. The number of carbonyl (C=O) groups excluding carboxylic acids is 2. The second kappa shape index (κ2) is 13.7. The van der Waals surface area contributed by atoms with Gasteiger partial charge in [-0.25, -0.2) is 9.59 Å². The number of nitrogens with one attached hydrogen (secondary N) is 1. The fraction of sp³-hybridized carbons (Fsp3) is 0.400. The standard InChI is InChI=1S/C25H28F3NO7S/c1-15(7-4-5-11-29-24(33)34-3)19-14-18(30)21(23(32)36-19)22(31)16(2)13-17-8-9-20(37-17)35-12-6-10-25(26,27)28/h5,8-9,11,13-15,30H,4,6-7,10,12H2,1-3H3,(H,29,33)/b11-5+,16-13+. The molecule has 2 heterocycles. The molecule has 8 nitrogen and oxygen atoms in total. The number of carbonyl (C=O) groups is 2. The average molecular weight is 544 g/mol. The lowest BCUT2D eigenvalue weighted by molar-refractivity contribution is -0.136. The zero-order valence-electron chi connectivity index (χ0n) is 20.5. The fourth-order valence-electron chi connectivity index (χ4n) is 3.12. The lowest BCUT2D eigenvalue weighted by atomic mass is 10.00. The first-order valence-corrected chi connectivity index (χ1v) is 12.1. The van der Waals surface area contributed by atoms with Crippen LogP contribution in [0.15, 0.2) is 45.3 Å². The van der Waals surface area contributed by atoms with Crippen LogP contribution in [0.1, 0.15) is 66.4 Å². The van der Waals surface area contributed by atoms with Gasteiger partial charge in [0.2, 0.25) is 0 Å². The Labute approximate surface area is 215 Å². The van der Waals surface area contributed by atoms with Crippen LogP contribution in [0.4, 0.5) is 18.0 Å². The van der Waals surface area contributed by atoms with Crippen LogP contribution in [0.25, 0.3) is 6.08 Å². The van der Waals surface area contributed by atoms with E-state index >= 15 is 0 Å². The Morgan fingerprint density at radius 2 is 2.03 bits per heavy atom. The van der Waals surface area contributed by atoms with E-state index in [0.29, 0.717) is 22.8 Å². The van der Waals surface area contributed by atoms with Crippen molar-refractivity contribution >= 4 is 29.3 Å². The SMILES string of the molecule is COC(=O)N/C=C/CCC(C)c1cc(O)c(C(=O)/C(C)=C/c2ccc(OCCCC(F)(F)F)s2)c(=O)o1. The maximum absolute atomic E-state index is 12.8. The summed E-state index contributed by atoms with van der Waals surface area (Å²) >= 11 is 1.13. The van der Waals surface area contributed by atoms with Gasteiger partial charge in [0.1, 0.15) is 17.1 Å². The lowest BCUT2D eigenvalue weighted by Gasteiger charge is -2.11. The predicted octanol–water partition coefficient (Wildman–Crippen LogP) is 6.17. The summed E-state index contributed by atoms with van der Waals surface area (Å²) in [5.41, 5.74) is -1.31. The number of thiophene rings is 1. The number of alkyl carbamates (subject to hydrolysis) is 1. The van der Waals surface area contributed by atoms with Crippen LogP contribution >= 0.6 is 11.3 Å². The summed E-state index contributed by atoms with van der Waals surface area (Å²) in [6.45, 7) is 3.16. The van der Waals surface area contributed by atoms with E-state index < -0.39 is 41.4 Å². The molecular weight excluding hydrogens is 515 g/mol. The van der Waals surface area contributed by atoms with E-state index in [1.807, 2.05) is 0 Å². The maximum Gasteiger partial charge on any atom is 0.410 e. The topological polar surface area (TPSA) is 115 Å². The number of hydrogen-bond acceptors (Lipinski definition) is 8. The van der Waals surface area contributed by atoms with Crippen molar-refractivity contribution < 1.29 is 41.8 Å². The molecule has 1 unspecified atom stereocenters. The van der Waals surface area contributed by atoms with E-state index in [0.717, 1.165) is 11.3 Å². The highest BCUT2D eigenvalue weighted by atomic mass is 32.1.